The fraction of sp³-hybridized carbons (Fsp3) is 0.292. The third kappa shape index (κ3) is 5.14. The van der Waals surface area contributed by atoms with Gasteiger partial charge in [0.25, 0.3) is 5.91 Å². The molecule has 0 aliphatic carbocycles. The lowest BCUT2D eigenvalue weighted by atomic mass is 9.95. The number of rotatable bonds is 7. The summed E-state index contributed by atoms with van der Waals surface area (Å²) in [6.07, 6.45) is 2.42. The van der Waals surface area contributed by atoms with Crippen LogP contribution < -0.4 is 10.1 Å². The number of halogens is 1. The Kier molecular flexibility index (Phi) is 6.49. The smallest absolute Gasteiger partial charge is 0.260 e. The van der Waals surface area contributed by atoms with Crippen LogP contribution >= 0.6 is 0 Å². The molecule has 0 saturated heterocycles. The number of fused-ring (bicyclic) bond motifs is 1. The highest BCUT2D eigenvalue weighted by Crippen LogP contribution is 2.27. The van der Waals surface area contributed by atoms with Crippen LogP contribution in [0.5, 0.6) is 5.75 Å². The van der Waals surface area contributed by atoms with E-state index in [0.29, 0.717) is 31.0 Å². The van der Waals surface area contributed by atoms with Gasteiger partial charge in [-0.2, -0.15) is 5.10 Å². The molecule has 7 nitrogen and oxygen atoms in total. The Morgan fingerprint density at radius 3 is 2.66 bits per heavy atom. The molecule has 0 saturated carbocycles. The molecule has 0 radical (unpaired) electrons. The van der Waals surface area contributed by atoms with Gasteiger partial charge in [0.05, 0.1) is 11.6 Å². The van der Waals surface area contributed by atoms with Crippen LogP contribution in [0.1, 0.15) is 22.7 Å². The van der Waals surface area contributed by atoms with Crippen molar-refractivity contribution in [1.29, 1.82) is 0 Å². The highest BCUT2D eigenvalue weighted by atomic mass is 19.1. The number of nitrogens with one attached hydrogen (secondary N) is 1. The number of hydrogen-bond donors (Lipinski definition) is 1. The number of amides is 2. The zero-order chi connectivity index (χ0) is 22.5. The molecule has 4 rings (SSSR count). The Bertz CT molecular complexity index is 1080. The van der Waals surface area contributed by atoms with Crippen molar-refractivity contribution in [3.05, 3.63) is 83.4 Å². The molecule has 0 unspecified atom stereocenters. The number of aryl methyl sites for hydroxylation is 1. The summed E-state index contributed by atoms with van der Waals surface area (Å²) in [5, 5.41) is 7.39. The number of aromatic nitrogens is 2. The first-order chi connectivity index (χ1) is 15.5. The Labute approximate surface area is 185 Å². The molecule has 2 heterocycles. The predicted molar refractivity (Wildman–Crippen MR) is 116 cm³/mol. The first-order valence-corrected chi connectivity index (χ1v) is 10.5. The number of nitrogens with zero attached hydrogens (tertiary/aromatic N) is 3. The number of carbonyl (C=O) groups is 2. The average Bonchev–Trinajstić information content (AvgIpc) is 3.18. The van der Waals surface area contributed by atoms with E-state index in [1.807, 2.05) is 24.4 Å². The van der Waals surface area contributed by atoms with Crippen LogP contribution in [0.15, 0.2) is 60.8 Å². The van der Waals surface area contributed by atoms with E-state index in [4.69, 9.17) is 4.74 Å². The van der Waals surface area contributed by atoms with Crippen LogP contribution in [0.2, 0.25) is 0 Å². The maximum absolute atomic E-state index is 13.1. The fourth-order valence-electron chi connectivity index (χ4n) is 3.80. The van der Waals surface area contributed by atoms with E-state index >= 15 is 0 Å². The van der Waals surface area contributed by atoms with Crippen molar-refractivity contribution < 1.29 is 18.7 Å². The number of hydrogen-bond acceptors (Lipinski definition) is 4. The van der Waals surface area contributed by atoms with E-state index in [-0.39, 0.29) is 30.8 Å². The Hall–Kier alpha value is -3.68. The molecule has 2 amide bonds. The van der Waals surface area contributed by atoms with E-state index in [1.54, 1.807) is 40.9 Å². The minimum absolute atomic E-state index is 0.0987. The highest BCUT2D eigenvalue weighted by Gasteiger charge is 2.35. The summed E-state index contributed by atoms with van der Waals surface area (Å²) < 4.78 is 20.3. The molecule has 8 heteroatoms. The van der Waals surface area contributed by atoms with E-state index in [0.717, 1.165) is 11.1 Å². The van der Waals surface area contributed by atoms with Crippen LogP contribution in [-0.4, -0.2) is 46.2 Å². The summed E-state index contributed by atoms with van der Waals surface area (Å²) >= 11 is 0. The van der Waals surface area contributed by atoms with E-state index in [9.17, 15) is 14.0 Å². The summed E-state index contributed by atoms with van der Waals surface area (Å²) in [6.45, 7) is 0.940. The van der Waals surface area contributed by atoms with Crippen molar-refractivity contribution in [1.82, 2.24) is 20.0 Å². The molecule has 3 aromatic rings. The summed E-state index contributed by atoms with van der Waals surface area (Å²) in [7, 11) is 1.80. The zero-order valence-electron chi connectivity index (χ0n) is 17.8. The molecule has 1 N–H and O–H groups in total. The Balaban J connectivity index is 1.39. The van der Waals surface area contributed by atoms with Crippen molar-refractivity contribution >= 4 is 11.8 Å². The second-order valence-corrected chi connectivity index (χ2v) is 7.81. The van der Waals surface area contributed by atoms with Crippen molar-refractivity contribution in [2.24, 2.45) is 7.05 Å². The van der Waals surface area contributed by atoms with E-state index < -0.39 is 5.92 Å². The molecular weight excluding hydrogens is 411 g/mol. The third-order valence-electron chi connectivity index (χ3n) is 5.43. The Morgan fingerprint density at radius 2 is 1.91 bits per heavy atom. The molecular formula is C24H25FN4O3. The van der Waals surface area contributed by atoms with E-state index in [2.05, 4.69) is 10.4 Å². The monoisotopic (exact) mass is 436 g/mol. The van der Waals surface area contributed by atoms with Gasteiger partial charge in [0.15, 0.2) is 6.61 Å². The molecule has 2 aromatic carbocycles. The van der Waals surface area contributed by atoms with Gasteiger partial charge in [-0.05, 0) is 36.2 Å². The minimum Gasteiger partial charge on any atom is -0.484 e. The number of para-hydroxylation sites is 1. The van der Waals surface area contributed by atoms with Gasteiger partial charge in [-0.3, -0.25) is 14.3 Å². The van der Waals surface area contributed by atoms with Gasteiger partial charge in [0.1, 0.15) is 11.6 Å². The van der Waals surface area contributed by atoms with Crippen molar-refractivity contribution in [2.45, 2.75) is 18.9 Å². The number of benzene rings is 2. The van der Waals surface area contributed by atoms with Crippen LogP contribution in [-0.2, 0) is 29.6 Å². The van der Waals surface area contributed by atoms with E-state index in [1.165, 1.54) is 12.1 Å². The fourth-order valence-corrected chi connectivity index (χ4v) is 3.80. The summed E-state index contributed by atoms with van der Waals surface area (Å²) in [4.78, 5) is 27.4. The van der Waals surface area contributed by atoms with Crippen LogP contribution in [0.4, 0.5) is 4.39 Å². The normalized spacial score (nSPS) is 15.2. The lowest BCUT2D eigenvalue weighted by molar-refractivity contribution is -0.135. The first-order valence-electron chi connectivity index (χ1n) is 10.5. The Morgan fingerprint density at radius 1 is 1.16 bits per heavy atom. The molecule has 1 aliphatic heterocycles. The summed E-state index contributed by atoms with van der Waals surface area (Å²) in [6, 6.07) is 15.4. The maximum Gasteiger partial charge on any atom is 0.260 e. The third-order valence-corrected chi connectivity index (χ3v) is 5.43. The highest BCUT2D eigenvalue weighted by molar-refractivity contribution is 5.86. The lowest BCUT2D eigenvalue weighted by Gasteiger charge is -2.31. The molecule has 166 valence electrons. The van der Waals surface area contributed by atoms with Gasteiger partial charge in [0, 0.05) is 38.4 Å². The molecule has 0 bridgehead atoms. The molecule has 1 atom stereocenters. The van der Waals surface area contributed by atoms with Crippen molar-refractivity contribution in [3.63, 3.8) is 0 Å². The maximum atomic E-state index is 13.1. The molecule has 32 heavy (non-hydrogen) atoms. The van der Waals surface area contributed by atoms with Gasteiger partial charge in [-0.15, -0.1) is 0 Å². The quantitative estimate of drug-likeness (QED) is 0.617. The molecule has 0 spiro atoms. The lowest BCUT2D eigenvalue weighted by Crippen LogP contribution is -2.45. The predicted octanol–water partition coefficient (Wildman–Crippen LogP) is 2.42. The molecule has 1 aliphatic rings. The summed E-state index contributed by atoms with van der Waals surface area (Å²) in [5.41, 5.74) is 2.48. The second-order valence-electron chi connectivity index (χ2n) is 7.81. The summed E-state index contributed by atoms with van der Waals surface area (Å²) in [5.74, 6) is -0.603. The van der Waals surface area contributed by atoms with Crippen molar-refractivity contribution in [3.8, 4) is 5.75 Å². The SMILES string of the molecule is Cn1cc2c(n1)[C@H](C(=O)NCCc1ccc(F)cc1)CN(C(=O)COc1ccccc1)C2. The van der Waals surface area contributed by atoms with Crippen LogP contribution in [0, 0.1) is 5.82 Å². The molecule has 0 fully saturated rings. The molecule has 1 aromatic heterocycles. The number of carbonyl (C=O) groups excluding carboxylic acids is 2. The van der Waals surface area contributed by atoms with Crippen LogP contribution in [0.25, 0.3) is 0 Å². The van der Waals surface area contributed by atoms with Crippen molar-refractivity contribution in [2.75, 3.05) is 19.7 Å². The van der Waals surface area contributed by atoms with Gasteiger partial charge in [-0.25, -0.2) is 4.39 Å². The van der Waals surface area contributed by atoms with Crippen LogP contribution in [0.3, 0.4) is 0 Å². The zero-order valence-corrected chi connectivity index (χ0v) is 17.8. The minimum atomic E-state index is -0.561. The van der Waals surface area contributed by atoms with Gasteiger partial charge >= 0.3 is 0 Å². The van der Waals surface area contributed by atoms with Gasteiger partial charge < -0.3 is 15.0 Å². The second kappa shape index (κ2) is 9.64. The topological polar surface area (TPSA) is 76.5 Å². The number of ether oxygens (including phenoxy) is 1. The van der Waals surface area contributed by atoms with Gasteiger partial charge in [-0.1, -0.05) is 30.3 Å². The largest absolute Gasteiger partial charge is 0.484 e. The standard InChI is InChI=1S/C24H25FN4O3/c1-28-13-18-14-29(22(30)16-32-20-5-3-2-4-6-20)15-21(23(18)27-28)24(31)26-12-11-17-7-9-19(25)10-8-17/h2-10,13,21H,11-12,14-16H2,1H3,(H,26,31)/t21-/m1/s1. The first kappa shape index (κ1) is 21.5. The van der Waals surface area contributed by atoms with Gasteiger partial charge in [0.2, 0.25) is 5.91 Å². The average molecular weight is 436 g/mol.